The summed E-state index contributed by atoms with van der Waals surface area (Å²) in [4.78, 5) is 14.3. The van der Waals surface area contributed by atoms with E-state index in [0.717, 1.165) is 16.9 Å². The molecule has 0 unspecified atom stereocenters. The minimum atomic E-state index is -0.0229. The van der Waals surface area contributed by atoms with E-state index in [-0.39, 0.29) is 11.9 Å². The van der Waals surface area contributed by atoms with Gasteiger partial charge in [0.05, 0.1) is 6.26 Å². The molecule has 1 heterocycles. The Morgan fingerprint density at radius 2 is 1.68 bits per heavy atom. The highest BCUT2D eigenvalue weighted by Crippen LogP contribution is 2.18. The van der Waals surface area contributed by atoms with Crippen molar-refractivity contribution in [3.05, 3.63) is 95.9 Å². The van der Waals surface area contributed by atoms with Gasteiger partial charge in [-0.25, -0.2) is 0 Å². The lowest BCUT2D eigenvalue weighted by Crippen LogP contribution is -2.87. The summed E-state index contributed by atoms with van der Waals surface area (Å²) in [7, 11) is 1.84. The number of amides is 1. The van der Waals surface area contributed by atoms with Gasteiger partial charge in [0.1, 0.15) is 0 Å². The van der Waals surface area contributed by atoms with Crippen molar-refractivity contribution in [2.75, 3.05) is 13.6 Å². The minimum absolute atomic E-state index is 0.0229. The van der Waals surface area contributed by atoms with E-state index < -0.39 is 0 Å². The first-order valence-corrected chi connectivity index (χ1v) is 8.43. The van der Waals surface area contributed by atoms with Crippen LogP contribution in [0.15, 0.2) is 83.5 Å². The predicted octanol–water partition coefficient (Wildman–Crippen LogP) is 2.59. The second-order valence-electron chi connectivity index (χ2n) is 6.08. The number of carbonyl (C=O) groups excluding carboxylic acids is 1. The lowest BCUT2D eigenvalue weighted by atomic mass is 10.0. The number of furan rings is 1. The van der Waals surface area contributed by atoms with Crippen LogP contribution in [-0.2, 0) is 11.3 Å². The smallest absolute Gasteiger partial charge is 0.277 e. The molecule has 25 heavy (non-hydrogen) atoms. The molecule has 0 bridgehead atoms. The molecular weight excluding hydrogens is 312 g/mol. The molecule has 128 valence electrons. The Kier molecular flexibility index (Phi) is 5.65. The Bertz CT molecular complexity index is 770. The average Bonchev–Trinajstić information content (AvgIpc) is 3.18. The number of likely N-dealkylation sites (N-methyl/N-ethyl adjacent to an activating group) is 1. The zero-order valence-corrected chi connectivity index (χ0v) is 14.3. The Hall–Kier alpha value is -2.85. The van der Waals surface area contributed by atoms with Gasteiger partial charge in [0.2, 0.25) is 0 Å². The fraction of sp³-hybridized carbons (Fsp3) is 0.190. The van der Waals surface area contributed by atoms with E-state index in [1.807, 2.05) is 73.0 Å². The summed E-state index contributed by atoms with van der Waals surface area (Å²) < 4.78 is 5.58. The molecule has 0 aliphatic heterocycles. The largest absolute Gasteiger partial charge is 0.463 e. The molecule has 0 aliphatic rings. The van der Waals surface area contributed by atoms with Crippen molar-refractivity contribution in [3.63, 3.8) is 0 Å². The summed E-state index contributed by atoms with van der Waals surface area (Å²) in [6.07, 6.45) is 1.67. The Balaban J connectivity index is 1.64. The molecular formula is C21H23N2O2+. The highest BCUT2D eigenvalue weighted by Gasteiger charge is 2.22. The van der Waals surface area contributed by atoms with E-state index in [4.69, 9.17) is 4.42 Å². The monoisotopic (exact) mass is 335 g/mol. The number of rotatable bonds is 7. The van der Waals surface area contributed by atoms with Gasteiger partial charge in [-0.05, 0) is 17.7 Å². The van der Waals surface area contributed by atoms with E-state index in [0.29, 0.717) is 13.1 Å². The van der Waals surface area contributed by atoms with E-state index in [2.05, 4.69) is 12.1 Å². The molecule has 3 rings (SSSR count). The van der Waals surface area contributed by atoms with Crippen LogP contribution in [0.4, 0.5) is 0 Å². The van der Waals surface area contributed by atoms with Crippen molar-refractivity contribution in [1.82, 2.24) is 4.90 Å². The quantitative estimate of drug-likeness (QED) is 0.721. The van der Waals surface area contributed by atoms with Crippen molar-refractivity contribution in [2.45, 2.75) is 12.6 Å². The molecule has 1 amide bonds. The number of carbonyl (C=O) groups is 1. The molecule has 1 aromatic heterocycles. The van der Waals surface area contributed by atoms with Crippen LogP contribution in [-0.4, -0.2) is 24.4 Å². The lowest BCUT2D eigenvalue weighted by molar-refractivity contribution is -0.679. The molecule has 2 aromatic carbocycles. The van der Waals surface area contributed by atoms with E-state index in [9.17, 15) is 4.79 Å². The zero-order valence-electron chi connectivity index (χ0n) is 14.3. The van der Waals surface area contributed by atoms with Gasteiger partial charge in [-0.15, -0.1) is 0 Å². The molecule has 0 radical (unpaired) electrons. The summed E-state index contributed by atoms with van der Waals surface area (Å²) in [5.74, 6) is 0.945. The van der Waals surface area contributed by atoms with Gasteiger partial charge in [-0.2, -0.15) is 0 Å². The Labute approximate surface area is 148 Å². The predicted molar refractivity (Wildman–Crippen MR) is 96.7 cm³/mol. The zero-order chi connectivity index (χ0) is 17.5. The first kappa shape index (κ1) is 17.0. The number of nitrogens with zero attached hydrogens (tertiary/aromatic N) is 1. The van der Waals surface area contributed by atoms with Crippen LogP contribution in [0.2, 0.25) is 0 Å². The Morgan fingerprint density at radius 3 is 2.32 bits per heavy atom. The molecule has 0 saturated heterocycles. The molecule has 4 nitrogen and oxygen atoms in total. The number of quaternary nitrogens is 1. The third-order valence-electron chi connectivity index (χ3n) is 4.22. The molecule has 0 spiro atoms. The first-order chi connectivity index (χ1) is 12.2. The van der Waals surface area contributed by atoms with Crippen molar-refractivity contribution in [1.29, 1.82) is 0 Å². The summed E-state index contributed by atoms with van der Waals surface area (Å²) in [6, 6.07) is 23.9. The third kappa shape index (κ3) is 4.58. The highest BCUT2D eigenvalue weighted by molar-refractivity contribution is 5.76. The fourth-order valence-electron chi connectivity index (χ4n) is 2.87. The van der Waals surface area contributed by atoms with Crippen LogP contribution in [0, 0.1) is 0 Å². The van der Waals surface area contributed by atoms with E-state index in [1.54, 1.807) is 11.2 Å². The van der Waals surface area contributed by atoms with Crippen molar-refractivity contribution >= 4 is 5.91 Å². The van der Waals surface area contributed by atoms with Crippen molar-refractivity contribution in [3.8, 4) is 0 Å². The molecule has 2 N–H and O–H groups in total. The van der Waals surface area contributed by atoms with Crippen molar-refractivity contribution in [2.24, 2.45) is 0 Å². The Morgan fingerprint density at radius 1 is 1.00 bits per heavy atom. The maximum absolute atomic E-state index is 12.5. The number of hydrogen-bond donors (Lipinski definition) is 1. The lowest BCUT2D eigenvalue weighted by Gasteiger charge is -2.19. The first-order valence-electron chi connectivity index (χ1n) is 8.43. The van der Waals surface area contributed by atoms with Crippen LogP contribution in [0.5, 0.6) is 0 Å². The van der Waals surface area contributed by atoms with Gasteiger partial charge in [-0.1, -0.05) is 60.7 Å². The molecule has 0 aliphatic carbocycles. The van der Waals surface area contributed by atoms with Gasteiger partial charge in [0.15, 0.2) is 18.3 Å². The van der Waals surface area contributed by atoms with Gasteiger partial charge in [0.25, 0.3) is 5.91 Å². The number of benzene rings is 2. The average molecular weight is 335 g/mol. The van der Waals surface area contributed by atoms with E-state index >= 15 is 0 Å². The second kappa shape index (κ2) is 8.31. The third-order valence-corrected chi connectivity index (χ3v) is 4.22. The number of hydrogen-bond acceptors (Lipinski definition) is 2. The molecule has 0 saturated carbocycles. The van der Waals surface area contributed by atoms with Gasteiger partial charge in [-0.3, -0.25) is 4.79 Å². The maximum atomic E-state index is 12.5. The van der Waals surface area contributed by atoms with E-state index in [1.165, 1.54) is 0 Å². The van der Waals surface area contributed by atoms with Crippen LogP contribution in [0.25, 0.3) is 0 Å². The molecule has 0 fully saturated rings. The normalized spacial score (nSPS) is 11.9. The maximum Gasteiger partial charge on any atom is 0.277 e. The summed E-state index contributed by atoms with van der Waals surface area (Å²) >= 11 is 0. The topological polar surface area (TPSA) is 50.1 Å². The second-order valence-corrected chi connectivity index (χ2v) is 6.08. The summed E-state index contributed by atoms with van der Waals surface area (Å²) in [6.45, 7) is 0.980. The van der Waals surface area contributed by atoms with Crippen LogP contribution in [0.1, 0.15) is 22.9 Å². The molecule has 1 atom stereocenters. The van der Waals surface area contributed by atoms with Crippen LogP contribution >= 0.6 is 0 Å². The minimum Gasteiger partial charge on any atom is -0.463 e. The van der Waals surface area contributed by atoms with Gasteiger partial charge < -0.3 is 14.6 Å². The van der Waals surface area contributed by atoms with Crippen LogP contribution in [0.3, 0.4) is 0 Å². The standard InChI is InChI=1S/C21H22N2O2/c1-23(16-17-9-4-2-5-10-17)20(24)15-22-21(19-13-8-14-25-19)18-11-6-3-7-12-18/h2-14,21-22H,15-16H2,1H3/p+1/t21-/m1/s1. The fourth-order valence-corrected chi connectivity index (χ4v) is 2.87. The van der Waals surface area contributed by atoms with Crippen LogP contribution < -0.4 is 5.32 Å². The summed E-state index contributed by atoms with van der Waals surface area (Å²) in [5, 5.41) is 2.03. The molecule has 3 aromatic rings. The number of nitrogens with two attached hydrogens (primary N) is 1. The highest BCUT2D eigenvalue weighted by atomic mass is 16.3. The van der Waals surface area contributed by atoms with Crippen molar-refractivity contribution < 1.29 is 14.5 Å². The molecule has 4 heteroatoms. The SMILES string of the molecule is CN(Cc1ccccc1)C(=O)C[NH2+][C@H](c1ccccc1)c1ccco1. The van der Waals surface area contributed by atoms with Gasteiger partial charge in [0, 0.05) is 19.2 Å². The summed E-state index contributed by atoms with van der Waals surface area (Å²) in [5.41, 5.74) is 2.25. The van der Waals surface area contributed by atoms with Gasteiger partial charge >= 0.3 is 0 Å².